The lowest BCUT2D eigenvalue weighted by atomic mass is 9.80. The van der Waals surface area contributed by atoms with Crippen LogP contribution in [0.3, 0.4) is 0 Å². The van der Waals surface area contributed by atoms with E-state index in [9.17, 15) is 18.7 Å². The van der Waals surface area contributed by atoms with Crippen molar-refractivity contribution in [3.05, 3.63) is 35.4 Å². The zero-order chi connectivity index (χ0) is 13.9. The molecule has 0 aromatic heterocycles. The molecule has 1 aromatic rings. The molecular formula is C13H16F2O3. The molecule has 0 fully saturated rings. The molecule has 0 radical (unpaired) electrons. The summed E-state index contributed by atoms with van der Waals surface area (Å²) in [5, 5.41) is 19.2. The highest BCUT2D eigenvalue weighted by atomic mass is 19.1. The van der Waals surface area contributed by atoms with Crippen molar-refractivity contribution in [1.82, 2.24) is 0 Å². The molecule has 2 N–H and O–H groups in total. The van der Waals surface area contributed by atoms with Crippen LogP contribution in [0.15, 0.2) is 18.2 Å². The first-order valence-corrected chi connectivity index (χ1v) is 5.73. The number of carbonyl (C=O) groups is 1. The van der Waals surface area contributed by atoms with Crippen molar-refractivity contribution in [1.29, 1.82) is 0 Å². The van der Waals surface area contributed by atoms with Crippen molar-refractivity contribution in [2.45, 2.75) is 38.2 Å². The molecule has 1 aromatic carbocycles. The molecule has 0 bridgehead atoms. The monoisotopic (exact) mass is 258 g/mol. The molecule has 100 valence electrons. The van der Waals surface area contributed by atoms with Gasteiger partial charge in [-0.05, 0) is 24.1 Å². The van der Waals surface area contributed by atoms with E-state index in [1.807, 2.05) is 0 Å². The van der Waals surface area contributed by atoms with E-state index in [-0.39, 0.29) is 12.0 Å². The summed E-state index contributed by atoms with van der Waals surface area (Å²) in [6, 6.07) is 2.78. The number of hydrogen-bond donors (Lipinski definition) is 2. The molecule has 0 heterocycles. The Bertz CT molecular complexity index is 428. The van der Waals surface area contributed by atoms with Crippen LogP contribution in [0.5, 0.6) is 0 Å². The Balaban J connectivity index is 3.17. The number of aliphatic carboxylic acids is 1. The maximum Gasteiger partial charge on any atom is 0.336 e. The van der Waals surface area contributed by atoms with Crippen LogP contribution in [0.4, 0.5) is 8.78 Å². The normalized spacial score (nSPS) is 16.1. The zero-order valence-electron chi connectivity index (χ0n) is 10.3. The maximum atomic E-state index is 13.1. The first-order chi connectivity index (χ1) is 8.31. The van der Waals surface area contributed by atoms with Gasteiger partial charge in [-0.1, -0.05) is 20.3 Å². The molecule has 1 rings (SSSR count). The second kappa shape index (κ2) is 5.44. The largest absolute Gasteiger partial charge is 0.479 e. The highest BCUT2D eigenvalue weighted by Gasteiger charge is 2.41. The molecule has 0 aliphatic carbocycles. The zero-order valence-corrected chi connectivity index (χ0v) is 10.3. The van der Waals surface area contributed by atoms with Crippen LogP contribution in [-0.4, -0.2) is 21.8 Å². The lowest BCUT2D eigenvalue weighted by Gasteiger charge is -2.30. The van der Waals surface area contributed by atoms with Gasteiger partial charge in [0.05, 0.1) is 0 Å². The Morgan fingerprint density at radius 2 is 1.83 bits per heavy atom. The quantitative estimate of drug-likeness (QED) is 0.853. The minimum atomic E-state index is -2.02. The van der Waals surface area contributed by atoms with E-state index in [0.717, 1.165) is 12.1 Å². The summed E-state index contributed by atoms with van der Waals surface area (Å²) in [5.41, 5.74) is -1.89. The summed E-state index contributed by atoms with van der Waals surface area (Å²) in [6.45, 7) is 3.17. The maximum absolute atomic E-state index is 13.1. The van der Waals surface area contributed by atoms with Gasteiger partial charge in [0.25, 0.3) is 0 Å². The topological polar surface area (TPSA) is 57.5 Å². The second-order valence-corrected chi connectivity index (χ2v) is 4.40. The fourth-order valence-electron chi connectivity index (χ4n) is 1.99. The average molecular weight is 258 g/mol. The van der Waals surface area contributed by atoms with E-state index in [2.05, 4.69) is 0 Å². The first kappa shape index (κ1) is 14.6. The lowest BCUT2D eigenvalue weighted by Crippen LogP contribution is -2.43. The molecule has 0 aliphatic heterocycles. The first-order valence-electron chi connectivity index (χ1n) is 5.73. The highest BCUT2D eigenvalue weighted by molar-refractivity contribution is 5.78. The van der Waals surface area contributed by atoms with Crippen molar-refractivity contribution < 1.29 is 23.8 Å². The molecule has 18 heavy (non-hydrogen) atoms. The van der Waals surface area contributed by atoms with Gasteiger partial charge < -0.3 is 10.2 Å². The van der Waals surface area contributed by atoms with Crippen molar-refractivity contribution in [2.75, 3.05) is 0 Å². The number of carboxylic acids is 1. The molecule has 3 nitrogen and oxygen atoms in total. The number of hydrogen-bond acceptors (Lipinski definition) is 2. The Hall–Kier alpha value is -1.49. The number of halogens is 2. The molecular weight excluding hydrogens is 242 g/mol. The number of carboxylic acid groups (broad SMARTS) is 1. The SMILES string of the molecule is CCCC(O)(C(=O)O)C(C)c1cc(F)cc(F)c1. The van der Waals surface area contributed by atoms with Crippen LogP contribution in [0.25, 0.3) is 0 Å². The van der Waals surface area contributed by atoms with Crippen LogP contribution < -0.4 is 0 Å². The predicted molar refractivity (Wildman–Crippen MR) is 62.3 cm³/mol. The predicted octanol–water partition coefficient (Wildman–Crippen LogP) is 2.68. The van der Waals surface area contributed by atoms with Crippen LogP contribution in [-0.2, 0) is 4.79 Å². The van der Waals surface area contributed by atoms with Gasteiger partial charge in [0.2, 0.25) is 0 Å². The number of aliphatic hydroxyl groups is 1. The van der Waals surface area contributed by atoms with Gasteiger partial charge in [-0.3, -0.25) is 0 Å². The Kier molecular flexibility index (Phi) is 4.40. The lowest BCUT2D eigenvalue weighted by molar-refractivity contribution is -0.161. The van der Waals surface area contributed by atoms with Crippen molar-refractivity contribution in [3.8, 4) is 0 Å². The molecule has 2 atom stereocenters. The van der Waals surface area contributed by atoms with E-state index < -0.39 is 29.1 Å². The molecule has 0 spiro atoms. The molecule has 0 amide bonds. The average Bonchev–Trinajstić information content (AvgIpc) is 2.26. The van der Waals surface area contributed by atoms with E-state index in [0.29, 0.717) is 12.5 Å². The molecule has 2 unspecified atom stereocenters. The Morgan fingerprint density at radius 3 is 2.22 bits per heavy atom. The Morgan fingerprint density at radius 1 is 1.33 bits per heavy atom. The fraction of sp³-hybridized carbons (Fsp3) is 0.462. The van der Waals surface area contributed by atoms with Gasteiger partial charge >= 0.3 is 5.97 Å². The van der Waals surface area contributed by atoms with Gasteiger partial charge in [0.1, 0.15) is 11.6 Å². The standard InChI is InChI=1S/C13H16F2O3/c1-3-4-13(18,12(16)17)8(2)9-5-10(14)7-11(15)6-9/h5-8,18H,3-4H2,1-2H3,(H,16,17). The van der Waals surface area contributed by atoms with Crippen molar-refractivity contribution >= 4 is 5.97 Å². The van der Waals surface area contributed by atoms with Gasteiger partial charge in [0.15, 0.2) is 5.60 Å². The third kappa shape index (κ3) is 2.85. The van der Waals surface area contributed by atoms with Crippen molar-refractivity contribution in [2.24, 2.45) is 0 Å². The van der Waals surface area contributed by atoms with E-state index in [1.165, 1.54) is 6.92 Å². The molecule has 0 aliphatic rings. The third-order valence-electron chi connectivity index (χ3n) is 3.10. The highest BCUT2D eigenvalue weighted by Crippen LogP contribution is 2.33. The third-order valence-corrected chi connectivity index (χ3v) is 3.10. The summed E-state index contributed by atoms with van der Waals surface area (Å²) in [5.74, 6) is -3.87. The van der Waals surface area contributed by atoms with Gasteiger partial charge in [0, 0.05) is 12.0 Å². The smallest absolute Gasteiger partial charge is 0.336 e. The minimum Gasteiger partial charge on any atom is -0.479 e. The molecule has 0 saturated carbocycles. The van der Waals surface area contributed by atoms with Crippen LogP contribution >= 0.6 is 0 Å². The van der Waals surface area contributed by atoms with Gasteiger partial charge in [-0.2, -0.15) is 0 Å². The summed E-state index contributed by atoms with van der Waals surface area (Å²) in [7, 11) is 0. The summed E-state index contributed by atoms with van der Waals surface area (Å²) in [6.07, 6.45) is 0.465. The molecule has 5 heteroatoms. The molecule has 0 saturated heterocycles. The minimum absolute atomic E-state index is 0.0155. The second-order valence-electron chi connectivity index (χ2n) is 4.40. The number of rotatable bonds is 5. The summed E-state index contributed by atoms with van der Waals surface area (Å²) >= 11 is 0. The van der Waals surface area contributed by atoms with E-state index in [1.54, 1.807) is 6.92 Å². The van der Waals surface area contributed by atoms with Gasteiger partial charge in [-0.15, -0.1) is 0 Å². The van der Waals surface area contributed by atoms with E-state index in [4.69, 9.17) is 5.11 Å². The summed E-state index contributed by atoms with van der Waals surface area (Å²) < 4.78 is 26.2. The Labute approximate surface area is 104 Å². The summed E-state index contributed by atoms with van der Waals surface area (Å²) in [4.78, 5) is 11.2. The van der Waals surface area contributed by atoms with Crippen LogP contribution in [0.2, 0.25) is 0 Å². The van der Waals surface area contributed by atoms with Gasteiger partial charge in [-0.25, -0.2) is 13.6 Å². The van der Waals surface area contributed by atoms with Crippen LogP contribution in [0, 0.1) is 11.6 Å². The van der Waals surface area contributed by atoms with Crippen molar-refractivity contribution in [3.63, 3.8) is 0 Å². The van der Waals surface area contributed by atoms with Crippen LogP contribution in [0.1, 0.15) is 38.2 Å². The van der Waals surface area contributed by atoms with E-state index >= 15 is 0 Å². The number of benzene rings is 1. The fourth-order valence-corrected chi connectivity index (χ4v) is 1.99.